The second-order valence-corrected chi connectivity index (χ2v) is 5.67. The van der Waals surface area contributed by atoms with E-state index >= 15 is 0 Å². The number of carbonyl (C=O) groups excluding carboxylic acids is 1. The number of carbonyl (C=O) groups is 1. The molecular formula is C16H14FN5O. The molecule has 3 aromatic rings. The first-order valence-corrected chi connectivity index (χ1v) is 7.41. The molecule has 4 rings (SSSR count). The van der Waals surface area contributed by atoms with Crippen molar-refractivity contribution in [3.8, 4) is 11.4 Å². The molecule has 0 spiro atoms. The summed E-state index contributed by atoms with van der Waals surface area (Å²) in [5.74, 6) is 1.10. The molecule has 1 aromatic carbocycles. The molecule has 1 fully saturated rings. The zero-order valence-corrected chi connectivity index (χ0v) is 12.5. The van der Waals surface area contributed by atoms with Crippen LogP contribution in [0.5, 0.6) is 0 Å². The van der Waals surface area contributed by atoms with Crippen LogP contribution < -0.4 is 5.32 Å². The van der Waals surface area contributed by atoms with E-state index in [2.05, 4.69) is 20.4 Å². The van der Waals surface area contributed by atoms with E-state index in [0.29, 0.717) is 28.7 Å². The van der Waals surface area contributed by atoms with Crippen LogP contribution in [0.25, 0.3) is 17.0 Å². The number of rotatable bonds is 3. The summed E-state index contributed by atoms with van der Waals surface area (Å²) >= 11 is 0. The number of nitrogens with one attached hydrogen (secondary N) is 1. The maximum absolute atomic E-state index is 13.5. The quantitative estimate of drug-likeness (QED) is 0.807. The molecule has 1 aliphatic carbocycles. The third kappa shape index (κ3) is 2.65. The molecule has 0 bridgehead atoms. The minimum absolute atomic E-state index is 0.0386. The van der Waals surface area contributed by atoms with Crippen molar-refractivity contribution in [1.29, 1.82) is 0 Å². The average Bonchev–Trinajstić information content (AvgIpc) is 3.29. The van der Waals surface area contributed by atoms with Crippen LogP contribution in [0.2, 0.25) is 0 Å². The number of nitrogens with zero attached hydrogens (tertiary/aromatic N) is 4. The zero-order chi connectivity index (χ0) is 16.0. The highest BCUT2D eigenvalue weighted by molar-refractivity contribution is 5.93. The first kappa shape index (κ1) is 13.8. The predicted molar refractivity (Wildman–Crippen MR) is 82.3 cm³/mol. The smallest absolute Gasteiger partial charge is 0.228 e. The highest BCUT2D eigenvalue weighted by Crippen LogP contribution is 2.30. The van der Waals surface area contributed by atoms with Gasteiger partial charge in [0.15, 0.2) is 11.5 Å². The Morgan fingerprint density at radius 2 is 2.13 bits per heavy atom. The molecule has 0 saturated heterocycles. The monoisotopic (exact) mass is 311 g/mol. The number of fused-ring (bicyclic) bond motifs is 1. The Hall–Kier alpha value is -2.83. The molecule has 1 saturated carbocycles. The van der Waals surface area contributed by atoms with Crippen LogP contribution in [-0.4, -0.2) is 25.5 Å². The molecule has 1 N–H and O–H groups in total. The zero-order valence-electron chi connectivity index (χ0n) is 12.5. The lowest BCUT2D eigenvalue weighted by atomic mass is 10.2. The Morgan fingerprint density at radius 3 is 2.87 bits per heavy atom. The minimum Gasteiger partial charge on any atom is -0.310 e. The summed E-state index contributed by atoms with van der Waals surface area (Å²) in [6.07, 6.45) is 1.82. The van der Waals surface area contributed by atoms with E-state index in [1.807, 2.05) is 0 Å². The molecule has 0 atom stereocenters. The topological polar surface area (TPSA) is 72.2 Å². The van der Waals surface area contributed by atoms with E-state index in [9.17, 15) is 9.18 Å². The summed E-state index contributed by atoms with van der Waals surface area (Å²) in [4.78, 5) is 20.7. The van der Waals surface area contributed by atoms with Crippen molar-refractivity contribution in [1.82, 2.24) is 19.6 Å². The second kappa shape index (κ2) is 5.12. The van der Waals surface area contributed by atoms with E-state index in [0.717, 1.165) is 12.8 Å². The van der Waals surface area contributed by atoms with Gasteiger partial charge in [-0.2, -0.15) is 4.52 Å². The van der Waals surface area contributed by atoms with Crippen molar-refractivity contribution in [3.05, 3.63) is 42.0 Å². The third-order valence-electron chi connectivity index (χ3n) is 3.71. The van der Waals surface area contributed by atoms with Crippen LogP contribution in [0.4, 0.5) is 10.2 Å². The summed E-state index contributed by atoms with van der Waals surface area (Å²) in [7, 11) is 0. The summed E-state index contributed by atoms with van der Waals surface area (Å²) in [5, 5.41) is 7.10. The summed E-state index contributed by atoms with van der Waals surface area (Å²) in [6.45, 7) is 1.77. The van der Waals surface area contributed by atoms with Gasteiger partial charge in [-0.15, -0.1) is 5.10 Å². The van der Waals surface area contributed by atoms with Crippen LogP contribution in [-0.2, 0) is 4.79 Å². The molecule has 0 aliphatic heterocycles. The van der Waals surface area contributed by atoms with Crippen LogP contribution >= 0.6 is 0 Å². The summed E-state index contributed by atoms with van der Waals surface area (Å²) in [6, 6.07) is 7.77. The molecule has 23 heavy (non-hydrogen) atoms. The van der Waals surface area contributed by atoms with Crippen molar-refractivity contribution in [3.63, 3.8) is 0 Å². The van der Waals surface area contributed by atoms with Crippen LogP contribution in [0, 0.1) is 18.7 Å². The fraction of sp³-hybridized carbons (Fsp3) is 0.250. The Bertz CT molecular complexity index is 916. The van der Waals surface area contributed by atoms with Crippen molar-refractivity contribution in [2.24, 2.45) is 5.92 Å². The lowest BCUT2D eigenvalue weighted by Crippen LogP contribution is -2.15. The largest absolute Gasteiger partial charge is 0.310 e. The number of aromatic nitrogens is 4. The highest BCUT2D eigenvalue weighted by atomic mass is 19.1. The van der Waals surface area contributed by atoms with Gasteiger partial charge in [-0.05, 0) is 31.9 Å². The van der Waals surface area contributed by atoms with Gasteiger partial charge in [0.25, 0.3) is 0 Å². The van der Waals surface area contributed by atoms with Gasteiger partial charge in [-0.25, -0.2) is 14.4 Å². The maximum atomic E-state index is 13.5. The van der Waals surface area contributed by atoms with Crippen LogP contribution in [0.15, 0.2) is 30.3 Å². The van der Waals surface area contributed by atoms with Gasteiger partial charge in [0.2, 0.25) is 5.91 Å². The maximum Gasteiger partial charge on any atom is 0.228 e. The normalized spacial score (nSPS) is 14.2. The number of hydrogen-bond acceptors (Lipinski definition) is 4. The van der Waals surface area contributed by atoms with Crippen molar-refractivity contribution in [2.75, 3.05) is 5.32 Å². The number of amides is 1. The number of aryl methyl sites for hydroxylation is 1. The molecule has 7 heteroatoms. The van der Waals surface area contributed by atoms with Crippen molar-refractivity contribution >= 4 is 17.4 Å². The van der Waals surface area contributed by atoms with Gasteiger partial charge >= 0.3 is 0 Å². The minimum atomic E-state index is -0.360. The highest BCUT2D eigenvalue weighted by Gasteiger charge is 2.30. The SMILES string of the molecule is Cc1nc2cc(NC(=O)C3CC3)nc(-c3cccc(F)c3)n2n1. The molecule has 2 heterocycles. The van der Waals surface area contributed by atoms with Gasteiger partial charge < -0.3 is 5.32 Å². The van der Waals surface area contributed by atoms with E-state index in [1.165, 1.54) is 12.1 Å². The fourth-order valence-corrected chi connectivity index (χ4v) is 2.45. The van der Waals surface area contributed by atoms with E-state index in [4.69, 9.17) is 0 Å². The predicted octanol–water partition coefficient (Wildman–Crippen LogP) is 2.59. The Labute approximate surface area is 131 Å². The van der Waals surface area contributed by atoms with E-state index in [-0.39, 0.29) is 17.6 Å². The van der Waals surface area contributed by atoms with Crippen molar-refractivity contribution < 1.29 is 9.18 Å². The number of halogens is 1. The van der Waals surface area contributed by atoms with Gasteiger partial charge in [0.1, 0.15) is 17.5 Å². The van der Waals surface area contributed by atoms with E-state index in [1.54, 1.807) is 29.6 Å². The summed E-state index contributed by atoms with van der Waals surface area (Å²) < 4.78 is 15.1. The van der Waals surface area contributed by atoms with Gasteiger partial charge in [0, 0.05) is 17.5 Å². The average molecular weight is 311 g/mol. The Morgan fingerprint density at radius 1 is 1.30 bits per heavy atom. The van der Waals surface area contributed by atoms with Gasteiger partial charge in [-0.3, -0.25) is 4.79 Å². The molecular weight excluding hydrogens is 297 g/mol. The lowest BCUT2D eigenvalue weighted by molar-refractivity contribution is -0.117. The summed E-state index contributed by atoms with van der Waals surface area (Å²) in [5.41, 5.74) is 1.13. The molecule has 2 aromatic heterocycles. The molecule has 116 valence electrons. The van der Waals surface area contributed by atoms with E-state index < -0.39 is 0 Å². The number of benzene rings is 1. The lowest BCUT2D eigenvalue weighted by Gasteiger charge is -2.08. The molecule has 0 unspecified atom stereocenters. The molecule has 6 nitrogen and oxygen atoms in total. The third-order valence-corrected chi connectivity index (χ3v) is 3.71. The Kier molecular flexibility index (Phi) is 3.07. The standard InChI is InChI=1S/C16H14FN5O/c1-9-18-14-8-13(20-16(23)10-5-6-10)19-15(22(14)21-9)11-3-2-4-12(17)7-11/h2-4,7-8,10H,5-6H2,1H3,(H,20,23). The first-order valence-electron chi connectivity index (χ1n) is 7.41. The second-order valence-electron chi connectivity index (χ2n) is 5.67. The Balaban J connectivity index is 1.84. The molecule has 0 radical (unpaired) electrons. The van der Waals surface area contributed by atoms with Crippen LogP contribution in [0.1, 0.15) is 18.7 Å². The molecule has 1 amide bonds. The fourth-order valence-electron chi connectivity index (χ4n) is 2.45. The van der Waals surface area contributed by atoms with Crippen molar-refractivity contribution in [2.45, 2.75) is 19.8 Å². The van der Waals surface area contributed by atoms with Crippen LogP contribution in [0.3, 0.4) is 0 Å². The molecule has 1 aliphatic rings. The van der Waals surface area contributed by atoms with Gasteiger partial charge in [-0.1, -0.05) is 12.1 Å². The first-order chi connectivity index (χ1) is 11.1. The van der Waals surface area contributed by atoms with Gasteiger partial charge in [0.05, 0.1) is 0 Å². The number of hydrogen-bond donors (Lipinski definition) is 1. The number of anilines is 1.